The van der Waals surface area contributed by atoms with Gasteiger partial charge in [0.2, 0.25) is 11.8 Å². The fraction of sp³-hybridized carbons (Fsp3) is 0.867. The Balaban J connectivity index is 1.90. The highest BCUT2D eigenvalue weighted by Crippen LogP contribution is 2.55. The van der Waals surface area contributed by atoms with Crippen LogP contribution in [0.15, 0.2) is 0 Å². The van der Waals surface area contributed by atoms with Crippen LogP contribution in [-0.4, -0.2) is 11.8 Å². The minimum Gasteiger partial charge on any atom is -0.296 e. The summed E-state index contributed by atoms with van der Waals surface area (Å²) in [7, 11) is 0. The second kappa shape index (κ2) is 4.36. The van der Waals surface area contributed by atoms with Gasteiger partial charge in [0.15, 0.2) is 0 Å². The first-order valence-electron chi connectivity index (χ1n) is 7.44. The van der Waals surface area contributed by atoms with Crippen molar-refractivity contribution in [3.05, 3.63) is 0 Å². The van der Waals surface area contributed by atoms with E-state index in [9.17, 15) is 9.59 Å². The van der Waals surface area contributed by atoms with E-state index in [0.717, 1.165) is 12.8 Å². The number of carbonyl (C=O) groups is 2. The summed E-state index contributed by atoms with van der Waals surface area (Å²) in [6, 6.07) is 0. The number of imide groups is 1. The molecule has 1 aliphatic heterocycles. The van der Waals surface area contributed by atoms with Gasteiger partial charge < -0.3 is 0 Å². The highest BCUT2D eigenvalue weighted by atomic mass is 16.2. The van der Waals surface area contributed by atoms with Gasteiger partial charge in [0, 0.05) is 12.3 Å². The highest BCUT2D eigenvalue weighted by molar-refractivity contribution is 6.00. The van der Waals surface area contributed by atoms with E-state index in [-0.39, 0.29) is 23.1 Å². The normalized spacial score (nSPS) is 41.6. The second-order valence-electron chi connectivity index (χ2n) is 6.82. The summed E-state index contributed by atoms with van der Waals surface area (Å²) in [6.45, 7) is 2.26. The second-order valence-corrected chi connectivity index (χ2v) is 6.82. The zero-order chi connectivity index (χ0) is 12.8. The van der Waals surface area contributed by atoms with Crippen molar-refractivity contribution < 1.29 is 9.59 Å². The van der Waals surface area contributed by atoms with Crippen molar-refractivity contribution in [1.82, 2.24) is 5.32 Å². The molecule has 3 nitrogen and oxygen atoms in total. The molecule has 1 heterocycles. The lowest BCUT2D eigenvalue weighted by Crippen LogP contribution is -2.53. The predicted octanol–water partition coefficient (Wildman–Crippen LogP) is 2.65. The van der Waals surface area contributed by atoms with E-state index in [0.29, 0.717) is 18.3 Å². The molecule has 3 aliphatic rings. The van der Waals surface area contributed by atoms with Crippen LogP contribution in [0.25, 0.3) is 0 Å². The van der Waals surface area contributed by atoms with E-state index in [2.05, 4.69) is 12.2 Å². The summed E-state index contributed by atoms with van der Waals surface area (Å²) >= 11 is 0. The highest BCUT2D eigenvalue weighted by Gasteiger charge is 2.54. The van der Waals surface area contributed by atoms with E-state index < -0.39 is 0 Å². The number of amides is 2. The maximum atomic E-state index is 12.3. The van der Waals surface area contributed by atoms with Gasteiger partial charge in [0.05, 0.1) is 0 Å². The van der Waals surface area contributed by atoms with Crippen LogP contribution in [0.4, 0.5) is 0 Å². The van der Waals surface area contributed by atoms with Crippen molar-refractivity contribution in [1.29, 1.82) is 0 Å². The van der Waals surface area contributed by atoms with Crippen LogP contribution in [0.5, 0.6) is 0 Å². The number of hydrogen-bond acceptors (Lipinski definition) is 2. The molecule has 1 N–H and O–H groups in total. The molecule has 3 rings (SSSR count). The zero-order valence-corrected chi connectivity index (χ0v) is 11.2. The maximum absolute atomic E-state index is 12.3. The molecular weight excluding hydrogens is 226 g/mol. The molecular formula is C15H23NO2. The zero-order valence-electron chi connectivity index (χ0n) is 11.2. The average molecular weight is 249 g/mol. The van der Waals surface area contributed by atoms with Crippen molar-refractivity contribution in [2.24, 2.45) is 23.2 Å². The Labute approximate surface area is 109 Å². The summed E-state index contributed by atoms with van der Waals surface area (Å²) in [5.41, 5.74) is 0.00778. The smallest absolute Gasteiger partial charge is 0.230 e. The van der Waals surface area contributed by atoms with Gasteiger partial charge in [0.1, 0.15) is 0 Å². The number of nitrogens with one attached hydrogen (secondary N) is 1. The summed E-state index contributed by atoms with van der Waals surface area (Å²) in [4.78, 5) is 24.1. The maximum Gasteiger partial charge on any atom is 0.230 e. The molecule has 3 heteroatoms. The minimum atomic E-state index is -0.0386. The Hall–Kier alpha value is -0.860. The SMILES string of the molecule is CC1CCC2(CC(=O)NC(=O)C2C2CCCC2)C1. The Morgan fingerprint density at radius 3 is 2.50 bits per heavy atom. The summed E-state index contributed by atoms with van der Waals surface area (Å²) in [5, 5.41) is 2.59. The molecule has 0 aromatic heterocycles. The number of carbonyl (C=O) groups excluding carboxylic acids is 2. The molecule has 100 valence electrons. The molecule has 3 atom stereocenters. The third-order valence-corrected chi connectivity index (χ3v) is 5.48. The fourth-order valence-corrected chi connectivity index (χ4v) is 4.85. The third kappa shape index (κ3) is 1.88. The first kappa shape index (κ1) is 12.2. The van der Waals surface area contributed by atoms with E-state index in [4.69, 9.17) is 0 Å². The van der Waals surface area contributed by atoms with E-state index in [1.54, 1.807) is 0 Å². The average Bonchev–Trinajstić information content (AvgIpc) is 2.89. The quantitative estimate of drug-likeness (QED) is 0.726. The number of hydrogen-bond donors (Lipinski definition) is 1. The molecule has 3 unspecified atom stereocenters. The van der Waals surface area contributed by atoms with Crippen molar-refractivity contribution in [3.63, 3.8) is 0 Å². The molecule has 0 aromatic rings. The van der Waals surface area contributed by atoms with Gasteiger partial charge in [-0.15, -0.1) is 0 Å². The van der Waals surface area contributed by atoms with Crippen LogP contribution in [0.2, 0.25) is 0 Å². The van der Waals surface area contributed by atoms with E-state index >= 15 is 0 Å². The molecule has 0 radical (unpaired) electrons. The van der Waals surface area contributed by atoms with Gasteiger partial charge in [-0.25, -0.2) is 0 Å². The third-order valence-electron chi connectivity index (χ3n) is 5.48. The van der Waals surface area contributed by atoms with Gasteiger partial charge in [0.25, 0.3) is 0 Å². The molecule has 0 aromatic carbocycles. The van der Waals surface area contributed by atoms with Crippen molar-refractivity contribution in [3.8, 4) is 0 Å². The Bertz CT molecular complexity index is 373. The largest absolute Gasteiger partial charge is 0.296 e. The van der Waals surface area contributed by atoms with Crippen LogP contribution in [0.3, 0.4) is 0 Å². The summed E-state index contributed by atoms with van der Waals surface area (Å²) in [5.74, 6) is 1.31. The fourth-order valence-electron chi connectivity index (χ4n) is 4.85. The molecule has 2 aliphatic carbocycles. The predicted molar refractivity (Wildman–Crippen MR) is 68.7 cm³/mol. The molecule has 18 heavy (non-hydrogen) atoms. The van der Waals surface area contributed by atoms with Crippen LogP contribution >= 0.6 is 0 Å². The van der Waals surface area contributed by atoms with E-state index in [1.807, 2.05) is 0 Å². The van der Waals surface area contributed by atoms with Crippen molar-refractivity contribution in [2.45, 2.75) is 58.3 Å². The first-order chi connectivity index (χ1) is 8.61. The monoisotopic (exact) mass is 249 g/mol. The lowest BCUT2D eigenvalue weighted by Gasteiger charge is -2.43. The molecule has 2 saturated carbocycles. The topological polar surface area (TPSA) is 46.2 Å². The van der Waals surface area contributed by atoms with Gasteiger partial charge in [-0.1, -0.05) is 26.2 Å². The van der Waals surface area contributed by atoms with Crippen LogP contribution in [-0.2, 0) is 9.59 Å². The summed E-state index contributed by atoms with van der Waals surface area (Å²) in [6.07, 6.45) is 8.81. The minimum absolute atomic E-state index is 0.00778. The summed E-state index contributed by atoms with van der Waals surface area (Å²) < 4.78 is 0. The van der Waals surface area contributed by atoms with Gasteiger partial charge in [-0.05, 0) is 42.9 Å². The van der Waals surface area contributed by atoms with Gasteiger partial charge in [-0.3, -0.25) is 14.9 Å². The molecule has 2 amide bonds. The Morgan fingerprint density at radius 1 is 1.17 bits per heavy atom. The Morgan fingerprint density at radius 2 is 1.89 bits per heavy atom. The van der Waals surface area contributed by atoms with Gasteiger partial charge >= 0.3 is 0 Å². The number of rotatable bonds is 1. The standard InChI is InChI=1S/C15H23NO2/c1-10-6-7-15(8-10)9-12(17)16-14(18)13(15)11-4-2-3-5-11/h10-11,13H,2-9H2,1H3,(H,16,17,18). The van der Waals surface area contributed by atoms with Gasteiger partial charge in [-0.2, -0.15) is 0 Å². The molecule has 1 saturated heterocycles. The van der Waals surface area contributed by atoms with Crippen LogP contribution in [0.1, 0.15) is 58.3 Å². The van der Waals surface area contributed by atoms with Crippen LogP contribution in [0, 0.1) is 23.2 Å². The lowest BCUT2D eigenvalue weighted by atomic mass is 9.63. The molecule has 0 bridgehead atoms. The molecule has 3 fully saturated rings. The van der Waals surface area contributed by atoms with E-state index in [1.165, 1.54) is 32.1 Å². The van der Waals surface area contributed by atoms with Crippen molar-refractivity contribution in [2.75, 3.05) is 0 Å². The first-order valence-corrected chi connectivity index (χ1v) is 7.44. The van der Waals surface area contributed by atoms with Crippen LogP contribution < -0.4 is 5.32 Å². The van der Waals surface area contributed by atoms with Crippen molar-refractivity contribution >= 4 is 11.8 Å². The Kier molecular flexibility index (Phi) is 2.95. The molecule has 1 spiro atoms. The number of piperidine rings is 1. The lowest BCUT2D eigenvalue weighted by molar-refractivity contribution is -0.146.